The molecule has 2 rings (SSSR count). The van der Waals surface area contributed by atoms with Gasteiger partial charge in [0.25, 0.3) is 0 Å². The van der Waals surface area contributed by atoms with Gasteiger partial charge in [-0.15, -0.1) is 0 Å². The molecule has 0 aromatic heterocycles. The number of carbonyl (C=O) groups is 4. The predicted molar refractivity (Wildman–Crippen MR) is 176 cm³/mol. The van der Waals surface area contributed by atoms with Crippen LogP contribution in [-0.2, 0) is 73.2 Å². The lowest BCUT2D eigenvalue weighted by Gasteiger charge is -2.44. The highest BCUT2D eigenvalue weighted by Gasteiger charge is 2.51. The van der Waals surface area contributed by atoms with E-state index in [0.717, 1.165) is 6.92 Å². The molecular formula is C28H48N3O14PS2. The normalized spacial score (nSPS) is 29.6. The molecule has 276 valence electrons. The first kappa shape index (κ1) is 42.1. The van der Waals surface area contributed by atoms with Crippen LogP contribution in [0.4, 0.5) is 0 Å². The molecule has 0 bridgehead atoms. The molecule has 2 unspecified atom stereocenters. The van der Waals surface area contributed by atoms with E-state index in [1.54, 1.807) is 7.11 Å². The van der Waals surface area contributed by atoms with E-state index >= 15 is 0 Å². The summed E-state index contributed by atoms with van der Waals surface area (Å²) in [7, 11) is 4.39. The van der Waals surface area contributed by atoms with Crippen molar-refractivity contribution in [2.75, 3.05) is 47.7 Å². The summed E-state index contributed by atoms with van der Waals surface area (Å²) in [4.78, 5) is 57.8. The van der Waals surface area contributed by atoms with Gasteiger partial charge in [-0.3, -0.25) is 19.2 Å². The Kier molecular flexibility index (Phi) is 18.0. The highest BCUT2D eigenvalue weighted by molar-refractivity contribution is 8.07. The molecule has 2 aliphatic rings. The fourth-order valence-corrected chi connectivity index (χ4v) is 6.77. The Bertz CT molecular complexity index is 1150. The molecule has 1 amide bonds. The SMILES string of the molecule is COC[C@H]1C[C@@H](NC(=S)NCCCCO[C@@H]2O[C@H](COC(C)=O)[C@H](OC(C)=O)[C@H](OC(C)=O)[C@H]2NC(C)=O)[C@@H](OC)C1OP(O)(=S)OC. The molecule has 1 aliphatic carbocycles. The largest absolute Gasteiger partial charge is 0.463 e. The summed E-state index contributed by atoms with van der Waals surface area (Å²) in [6.45, 7) is 2.01. The van der Waals surface area contributed by atoms with Gasteiger partial charge in [-0.05, 0) is 43.3 Å². The highest BCUT2D eigenvalue weighted by Crippen LogP contribution is 2.48. The zero-order valence-electron chi connectivity index (χ0n) is 28.2. The molecule has 1 saturated carbocycles. The van der Waals surface area contributed by atoms with Crippen LogP contribution in [0.15, 0.2) is 0 Å². The first-order valence-electron chi connectivity index (χ1n) is 15.3. The minimum absolute atomic E-state index is 0.135. The van der Waals surface area contributed by atoms with Gasteiger partial charge in [-0.25, -0.2) is 0 Å². The van der Waals surface area contributed by atoms with Crippen LogP contribution >= 0.6 is 18.9 Å². The van der Waals surface area contributed by atoms with E-state index in [4.69, 9.17) is 66.2 Å². The molecule has 4 N–H and O–H groups in total. The number of ether oxygens (including phenoxy) is 7. The second kappa shape index (κ2) is 20.6. The third-order valence-corrected chi connectivity index (χ3v) is 9.35. The van der Waals surface area contributed by atoms with E-state index in [1.807, 2.05) is 0 Å². The lowest BCUT2D eigenvalue weighted by molar-refractivity contribution is -0.277. The second-order valence-corrected chi connectivity index (χ2v) is 14.5. The lowest BCUT2D eigenvalue weighted by Crippen LogP contribution is -2.66. The van der Waals surface area contributed by atoms with Crippen molar-refractivity contribution in [1.82, 2.24) is 16.0 Å². The van der Waals surface area contributed by atoms with Crippen LogP contribution in [0, 0.1) is 5.92 Å². The van der Waals surface area contributed by atoms with E-state index in [1.165, 1.54) is 35.0 Å². The summed E-state index contributed by atoms with van der Waals surface area (Å²) in [6, 6.07) is -1.30. The maximum Gasteiger partial charge on any atom is 0.324 e. The quantitative estimate of drug-likeness (QED) is 0.0486. The molecule has 1 aliphatic heterocycles. The Labute approximate surface area is 290 Å². The van der Waals surface area contributed by atoms with Gasteiger partial charge in [0.2, 0.25) is 5.91 Å². The molecule has 48 heavy (non-hydrogen) atoms. The number of esters is 3. The molecule has 10 atom stereocenters. The molecule has 0 radical (unpaired) electrons. The van der Waals surface area contributed by atoms with Gasteiger partial charge in [0, 0.05) is 68.1 Å². The van der Waals surface area contributed by atoms with Crippen LogP contribution in [-0.4, -0.2) is 130 Å². The molecule has 1 heterocycles. The van der Waals surface area contributed by atoms with E-state index in [9.17, 15) is 24.1 Å². The number of rotatable bonds is 18. The average Bonchev–Trinajstić information content (AvgIpc) is 3.30. The maximum absolute atomic E-state index is 12.1. The summed E-state index contributed by atoms with van der Waals surface area (Å²) in [5.74, 6) is -2.60. The monoisotopic (exact) mass is 745 g/mol. The van der Waals surface area contributed by atoms with Gasteiger partial charge in [0.05, 0.1) is 12.6 Å². The predicted octanol–water partition coefficient (Wildman–Crippen LogP) is 0.202. The Morgan fingerprint density at radius 2 is 1.56 bits per heavy atom. The molecule has 0 aromatic carbocycles. The van der Waals surface area contributed by atoms with Gasteiger partial charge >= 0.3 is 24.6 Å². The zero-order valence-corrected chi connectivity index (χ0v) is 30.7. The maximum atomic E-state index is 12.1. The Morgan fingerprint density at radius 3 is 2.12 bits per heavy atom. The second-order valence-electron chi connectivity index (χ2n) is 11.2. The van der Waals surface area contributed by atoms with Crippen LogP contribution in [0.2, 0.25) is 0 Å². The molecule has 0 spiro atoms. The van der Waals surface area contributed by atoms with Gasteiger partial charge in [0.1, 0.15) is 31.0 Å². The molecule has 0 aromatic rings. The summed E-state index contributed by atoms with van der Waals surface area (Å²) >= 11 is 10.6. The van der Waals surface area contributed by atoms with Gasteiger partial charge in [0.15, 0.2) is 23.6 Å². The number of hydrogen-bond acceptors (Lipinski definition) is 15. The number of methoxy groups -OCH3 is 2. The van der Waals surface area contributed by atoms with E-state index in [0.29, 0.717) is 37.5 Å². The van der Waals surface area contributed by atoms with Crippen molar-refractivity contribution in [3.63, 3.8) is 0 Å². The Hall–Kier alpha value is -2.06. The molecule has 17 nitrogen and oxygen atoms in total. The fraction of sp³-hybridized carbons (Fsp3) is 0.821. The number of carbonyl (C=O) groups excluding carboxylic acids is 4. The van der Waals surface area contributed by atoms with Gasteiger partial charge < -0.3 is 63.0 Å². The minimum atomic E-state index is -3.46. The topological polar surface area (TPSA) is 208 Å². The summed E-state index contributed by atoms with van der Waals surface area (Å²) in [5.41, 5.74) is 0. The van der Waals surface area contributed by atoms with Crippen LogP contribution < -0.4 is 16.0 Å². The number of unbranched alkanes of at least 4 members (excludes halogenated alkanes) is 1. The van der Waals surface area contributed by atoms with Crippen molar-refractivity contribution in [2.24, 2.45) is 5.92 Å². The number of hydrogen-bond donors (Lipinski definition) is 4. The first-order valence-corrected chi connectivity index (χ1v) is 18.3. The number of nitrogens with one attached hydrogen (secondary N) is 3. The van der Waals surface area contributed by atoms with Crippen LogP contribution in [0.1, 0.15) is 47.0 Å². The van der Waals surface area contributed by atoms with Crippen molar-refractivity contribution in [2.45, 2.75) is 95.9 Å². The van der Waals surface area contributed by atoms with Crippen LogP contribution in [0.3, 0.4) is 0 Å². The van der Waals surface area contributed by atoms with Crippen molar-refractivity contribution in [3.05, 3.63) is 0 Å². The number of thiocarbonyl (C=S) groups is 1. The zero-order chi connectivity index (χ0) is 36.0. The van der Waals surface area contributed by atoms with Crippen molar-refractivity contribution >= 4 is 59.7 Å². The summed E-state index contributed by atoms with van der Waals surface area (Å²) in [5, 5.41) is 9.43. The average molecular weight is 746 g/mol. The summed E-state index contributed by atoms with van der Waals surface area (Å²) < 4.78 is 49.7. The molecule has 1 saturated heterocycles. The van der Waals surface area contributed by atoms with Crippen molar-refractivity contribution in [1.29, 1.82) is 0 Å². The Balaban J connectivity index is 1.98. The lowest BCUT2D eigenvalue weighted by atomic mass is 9.96. The highest BCUT2D eigenvalue weighted by atomic mass is 32.5. The van der Waals surface area contributed by atoms with Crippen LogP contribution in [0.25, 0.3) is 0 Å². The third-order valence-electron chi connectivity index (χ3n) is 7.41. The standard InChI is InChI=1S/C28H48N3O14PS2/c1-15(32)30-22-26(43-18(4)35)25(42-17(3)34)21(14-41-16(2)33)44-27(22)40-11-9-8-10-29-28(47)31-20-12-19(13-37-5)23(24(20)38-6)45-46(36,48)39-7/h19-27H,8-14H2,1-7H3,(H,30,32)(H,36,48)(H2,29,31,47)/t19-,20-,21-,22-,23?,24-,25+,26-,27-,46?/m1/s1. The Morgan fingerprint density at radius 1 is 0.896 bits per heavy atom. The van der Waals surface area contributed by atoms with Crippen molar-refractivity contribution in [3.8, 4) is 0 Å². The fourth-order valence-electron chi connectivity index (χ4n) is 5.53. The minimum Gasteiger partial charge on any atom is -0.463 e. The molecule has 2 fully saturated rings. The van der Waals surface area contributed by atoms with E-state index in [2.05, 4.69) is 16.0 Å². The molecular weight excluding hydrogens is 697 g/mol. The van der Waals surface area contributed by atoms with Crippen LogP contribution in [0.5, 0.6) is 0 Å². The van der Waals surface area contributed by atoms with E-state index < -0.39 is 73.4 Å². The first-order chi connectivity index (χ1) is 22.6. The third kappa shape index (κ3) is 13.7. The number of amides is 1. The van der Waals surface area contributed by atoms with E-state index in [-0.39, 0.29) is 25.2 Å². The summed E-state index contributed by atoms with van der Waals surface area (Å²) in [6.07, 6.45) is -3.95. The van der Waals surface area contributed by atoms with Crippen molar-refractivity contribution < 1.29 is 66.3 Å². The smallest absolute Gasteiger partial charge is 0.324 e. The molecule has 20 heteroatoms. The van der Waals surface area contributed by atoms with Gasteiger partial charge in [-0.2, -0.15) is 0 Å². The van der Waals surface area contributed by atoms with Gasteiger partial charge in [-0.1, -0.05) is 0 Å².